The maximum absolute atomic E-state index is 10.6. The lowest BCUT2D eigenvalue weighted by Crippen LogP contribution is -2.21. The summed E-state index contributed by atoms with van der Waals surface area (Å²) in [5.74, 6) is -1.26. The van der Waals surface area contributed by atoms with Gasteiger partial charge in [-0.05, 0) is 17.7 Å². The Morgan fingerprint density at radius 2 is 1.93 bits per heavy atom. The number of carbonyl (C=O) groups is 1. The SMILES string of the molecule is N=C(N)Nc1ccc([C@@H](N)C(=O)O)cc1. The molecule has 1 atom stereocenters. The first kappa shape index (κ1) is 11.0. The summed E-state index contributed by atoms with van der Waals surface area (Å²) < 4.78 is 0. The van der Waals surface area contributed by atoms with E-state index in [2.05, 4.69) is 5.32 Å². The zero-order valence-corrected chi connectivity index (χ0v) is 7.90. The smallest absolute Gasteiger partial charge is 0.325 e. The molecule has 7 N–H and O–H groups in total. The van der Waals surface area contributed by atoms with Crippen LogP contribution in [0.3, 0.4) is 0 Å². The lowest BCUT2D eigenvalue weighted by atomic mass is 10.1. The predicted octanol–water partition coefficient (Wildman–Crippen LogP) is 0.0764. The van der Waals surface area contributed by atoms with Crippen LogP contribution in [-0.2, 0) is 4.79 Å². The van der Waals surface area contributed by atoms with E-state index >= 15 is 0 Å². The summed E-state index contributed by atoms with van der Waals surface area (Å²) in [5, 5.41) is 18.2. The molecule has 0 aliphatic rings. The Bertz CT molecular complexity index is 374. The summed E-state index contributed by atoms with van der Waals surface area (Å²) >= 11 is 0. The average Bonchev–Trinajstić information content (AvgIpc) is 2.17. The maximum atomic E-state index is 10.6. The van der Waals surface area contributed by atoms with Crippen LogP contribution in [0.2, 0.25) is 0 Å². The van der Waals surface area contributed by atoms with Gasteiger partial charge in [-0.25, -0.2) is 0 Å². The molecule has 1 aromatic rings. The number of nitrogens with two attached hydrogens (primary N) is 2. The van der Waals surface area contributed by atoms with E-state index in [0.717, 1.165) is 0 Å². The molecule has 0 unspecified atom stereocenters. The minimum absolute atomic E-state index is 0.176. The second-order valence-corrected chi connectivity index (χ2v) is 2.98. The van der Waals surface area contributed by atoms with Crippen LogP contribution in [0.25, 0.3) is 0 Å². The van der Waals surface area contributed by atoms with Crippen molar-refractivity contribution in [2.45, 2.75) is 6.04 Å². The molecule has 15 heavy (non-hydrogen) atoms. The van der Waals surface area contributed by atoms with Crippen molar-refractivity contribution in [3.05, 3.63) is 29.8 Å². The molecule has 80 valence electrons. The van der Waals surface area contributed by atoms with Crippen molar-refractivity contribution >= 4 is 17.6 Å². The molecular formula is C9H12N4O2. The van der Waals surface area contributed by atoms with E-state index in [-0.39, 0.29) is 5.96 Å². The molecule has 0 fully saturated rings. The number of carboxylic acid groups (broad SMARTS) is 1. The van der Waals surface area contributed by atoms with Gasteiger partial charge in [0, 0.05) is 5.69 Å². The Morgan fingerprint density at radius 1 is 1.40 bits per heavy atom. The van der Waals surface area contributed by atoms with E-state index in [0.29, 0.717) is 11.3 Å². The third kappa shape index (κ3) is 2.96. The number of guanidine groups is 1. The molecule has 6 nitrogen and oxygen atoms in total. The highest BCUT2D eigenvalue weighted by molar-refractivity contribution is 5.89. The number of hydrogen-bond donors (Lipinski definition) is 5. The molecule has 1 rings (SSSR count). The first-order valence-electron chi connectivity index (χ1n) is 4.20. The molecule has 0 heterocycles. The van der Waals surface area contributed by atoms with Gasteiger partial charge in [0.1, 0.15) is 6.04 Å². The third-order valence-corrected chi connectivity index (χ3v) is 1.81. The fraction of sp³-hybridized carbons (Fsp3) is 0.111. The molecule has 0 aromatic heterocycles. The molecule has 0 saturated heterocycles. The largest absolute Gasteiger partial charge is 0.480 e. The van der Waals surface area contributed by atoms with Crippen LogP contribution in [0.5, 0.6) is 0 Å². The fourth-order valence-corrected chi connectivity index (χ4v) is 1.07. The Morgan fingerprint density at radius 3 is 2.33 bits per heavy atom. The molecule has 0 spiro atoms. The van der Waals surface area contributed by atoms with Crippen molar-refractivity contribution < 1.29 is 9.90 Å². The minimum atomic E-state index is -1.08. The van der Waals surface area contributed by atoms with E-state index in [1.165, 1.54) is 0 Å². The van der Waals surface area contributed by atoms with Crippen LogP contribution in [0, 0.1) is 5.41 Å². The molecule has 0 aliphatic heterocycles. The van der Waals surface area contributed by atoms with Crippen LogP contribution in [-0.4, -0.2) is 17.0 Å². The zero-order chi connectivity index (χ0) is 11.4. The van der Waals surface area contributed by atoms with Gasteiger partial charge in [0.25, 0.3) is 0 Å². The summed E-state index contributed by atoms with van der Waals surface area (Å²) in [6.45, 7) is 0. The van der Waals surface area contributed by atoms with E-state index in [9.17, 15) is 4.79 Å². The van der Waals surface area contributed by atoms with Crippen LogP contribution < -0.4 is 16.8 Å². The standard InChI is InChI=1S/C9H12N4O2/c10-7(8(14)15)5-1-3-6(4-2-5)13-9(11)12/h1-4,7H,10H2,(H,14,15)(H4,11,12,13)/t7-/m1/s1. The molecule has 1 aromatic carbocycles. The first-order valence-corrected chi connectivity index (χ1v) is 4.20. The van der Waals surface area contributed by atoms with E-state index in [4.69, 9.17) is 22.0 Å². The minimum Gasteiger partial charge on any atom is -0.480 e. The van der Waals surface area contributed by atoms with Gasteiger partial charge in [-0.3, -0.25) is 10.2 Å². The normalized spacial score (nSPS) is 11.8. The van der Waals surface area contributed by atoms with Gasteiger partial charge >= 0.3 is 5.97 Å². The molecule has 0 saturated carbocycles. The summed E-state index contributed by atoms with van der Waals surface area (Å²) in [6.07, 6.45) is 0. The number of nitrogens with one attached hydrogen (secondary N) is 2. The summed E-state index contributed by atoms with van der Waals surface area (Å²) in [6, 6.07) is 5.34. The average molecular weight is 208 g/mol. The van der Waals surface area contributed by atoms with Gasteiger partial charge in [-0.2, -0.15) is 0 Å². The second-order valence-electron chi connectivity index (χ2n) is 2.98. The van der Waals surface area contributed by atoms with Crippen molar-refractivity contribution in [3.8, 4) is 0 Å². The molecule has 0 aliphatic carbocycles. The number of aliphatic carboxylic acids is 1. The van der Waals surface area contributed by atoms with E-state index in [1.807, 2.05) is 0 Å². The van der Waals surface area contributed by atoms with Crippen molar-refractivity contribution in [1.29, 1.82) is 5.41 Å². The monoisotopic (exact) mass is 208 g/mol. The molecule has 6 heteroatoms. The number of anilines is 1. The molecule has 0 amide bonds. The quantitative estimate of drug-likeness (QED) is 0.355. The fourth-order valence-electron chi connectivity index (χ4n) is 1.07. The number of rotatable bonds is 3. The Kier molecular flexibility index (Phi) is 3.25. The van der Waals surface area contributed by atoms with E-state index in [1.54, 1.807) is 24.3 Å². The van der Waals surface area contributed by atoms with Crippen LogP contribution in [0.15, 0.2) is 24.3 Å². The van der Waals surface area contributed by atoms with Gasteiger partial charge in [0.2, 0.25) is 0 Å². The lowest BCUT2D eigenvalue weighted by Gasteiger charge is -2.08. The Balaban J connectivity index is 2.80. The Labute approximate surface area is 86.4 Å². The highest BCUT2D eigenvalue weighted by Gasteiger charge is 2.13. The van der Waals surface area contributed by atoms with Crippen molar-refractivity contribution in [1.82, 2.24) is 0 Å². The first-order chi connectivity index (χ1) is 7.00. The predicted molar refractivity (Wildman–Crippen MR) is 56.5 cm³/mol. The van der Waals surface area contributed by atoms with Crippen LogP contribution >= 0.6 is 0 Å². The van der Waals surface area contributed by atoms with Gasteiger partial charge in [0.05, 0.1) is 0 Å². The topological polar surface area (TPSA) is 125 Å². The molecule has 0 bridgehead atoms. The van der Waals surface area contributed by atoms with Crippen molar-refractivity contribution in [3.63, 3.8) is 0 Å². The second kappa shape index (κ2) is 4.43. The lowest BCUT2D eigenvalue weighted by molar-refractivity contribution is -0.138. The van der Waals surface area contributed by atoms with Crippen LogP contribution in [0.1, 0.15) is 11.6 Å². The summed E-state index contributed by atoms with van der Waals surface area (Å²) in [7, 11) is 0. The van der Waals surface area contributed by atoms with Gasteiger partial charge in [-0.15, -0.1) is 0 Å². The van der Waals surface area contributed by atoms with Gasteiger partial charge < -0.3 is 21.9 Å². The third-order valence-electron chi connectivity index (χ3n) is 1.81. The summed E-state index contributed by atoms with van der Waals surface area (Å²) in [5.41, 5.74) is 11.6. The molecule has 0 radical (unpaired) electrons. The highest BCUT2D eigenvalue weighted by Crippen LogP contribution is 2.14. The van der Waals surface area contributed by atoms with Gasteiger partial charge in [0.15, 0.2) is 5.96 Å². The van der Waals surface area contributed by atoms with Crippen LogP contribution in [0.4, 0.5) is 5.69 Å². The number of hydrogen-bond acceptors (Lipinski definition) is 3. The Hall–Kier alpha value is -2.08. The summed E-state index contributed by atoms with van der Waals surface area (Å²) in [4.78, 5) is 10.6. The van der Waals surface area contributed by atoms with Gasteiger partial charge in [-0.1, -0.05) is 12.1 Å². The number of benzene rings is 1. The zero-order valence-electron chi connectivity index (χ0n) is 7.90. The van der Waals surface area contributed by atoms with E-state index < -0.39 is 12.0 Å². The maximum Gasteiger partial charge on any atom is 0.325 e. The van der Waals surface area contributed by atoms with Crippen molar-refractivity contribution in [2.24, 2.45) is 11.5 Å². The van der Waals surface area contributed by atoms with Crippen molar-refractivity contribution in [2.75, 3.05) is 5.32 Å². The highest BCUT2D eigenvalue weighted by atomic mass is 16.4. The number of carboxylic acids is 1. The molecular weight excluding hydrogens is 196 g/mol.